The van der Waals surface area contributed by atoms with E-state index < -0.39 is 5.60 Å². The van der Waals surface area contributed by atoms with Crippen molar-refractivity contribution in [3.05, 3.63) is 0 Å². The normalized spacial score (nSPS) is 29.3. The van der Waals surface area contributed by atoms with Gasteiger partial charge in [-0.3, -0.25) is 4.79 Å². The average Bonchev–Trinajstić information content (AvgIpc) is 2.38. The van der Waals surface area contributed by atoms with Crippen LogP contribution in [0.2, 0.25) is 0 Å². The van der Waals surface area contributed by atoms with Crippen molar-refractivity contribution in [3.63, 3.8) is 0 Å². The number of amides is 1. The quantitative estimate of drug-likeness (QED) is 0.687. The molecule has 19 heavy (non-hydrogen) atoms. The standard InChI is InChI=1S/C15H30N2O2/c1-4-12-5-7-15(19,8-6-12)10-17-14(18)13(9-16)11(2)3/h11-13,19H,4-10,16H2,1-3H3,(H,17,18). The molecule has 1 unspecified atom stereocenters. The number of carbonyl (C=O) groups excluding carboxylic acids is 1. The number of nitrogens with two attached hydrogens (primary N) is 1. The molecule has 0 heterocycles. The highest BCUT2D eigenvalue weighted by molar-refractivity contribution is 5.79. The SMILES string of the molecule is CCC1CCC(O)(CNC(=O)C(CN)C(C)C)CC1. The minimum absolute atomic E-state index is 0.0245. The van der Waals surface area contributed by atoms with Crippen LogP contribution in [0.15, 0.2) is 0 Å². The Morgan fingerprint density at radius 3 is 2.42 bits per heavy atom. The van der Waals surface area contributed by atoms with Crippen molar-refractivity contribution in [2.75, 3.05) is 13.1 Å². The zero-order valence-electron chi connectivity index (χ0n) is 12.6. The fourth-order valence-corrected chi connectivity index (χ4v) is 2.86. The Bertz CT molecular complexity index is 284. The number of hydrogen-bond acceptors (Lipinski definition) is 3. The molecular formula is C15H30N2O2. The van der Waals surface area contributed by atoms with Gasteiger partial charge in [0.25, 0.3) is 0 Å². The number of carbonyl (C=O) groups is 1. The topological polar surface area (TPSA) is 75.3 Å². The zero-order chi connectivity index (χ0) is 14.5. The number of aliphatic hydroxyl groups is 1. The van der Waals surface area contributed by atoms with Crippen molar-refractivity contribution in [2.45, 2.75) is 58.5 Å². The van der Waals surface area contributed by atoms with E-state index in [1.807, 2.05) is 13.8 Å². The van der Waals surface area contributed by atoms with E-state index >= 15 is 0 Å². The number of nitrogens with one attached hydrogen (secondary N) is 1. The largest absolute Gasteiger partial charge is 0.388 e. The third-order valence-electron chi connectivity index (χ3n) is 4.60. The summed E-state index contributed by atoms with van der Waals surface area (Å²) in [5.74, 6) is 0.790. The summed E-state index contributed by atoms with van der Waals surface area (Å²) >= 11 is 0. The summed E-state index contributed by atoms with van der Waals surface area (Å²) in [4.78, 5) is 12.0. The van der Waals surface area contributed by atoms with E-state index in [-0.39, 0.29) is 17.7 Å². The summed E-state index contributed by atoms with van der Waals surface area (Å²) in [6.45, 7) is 6.92. The van der Waals surface area contributed by atoms with Crippen molar-refractivity contribution in [1.29, 1.82) is 0 Å². The van der Waals surface area contributed by atoms with E-state index in [4.69, 9.17) is 5.73 Å². The van der Waals surface area contributed by atoms with Gasteiger partial charge in [-0.2, -0.15) is 0 Å². The smallest absolute Gasteiger partial charge is 0.224 e. The molecule has 0 saturated heterocycles. The van der Waals surface area contributed by atoms with Crippen molar-refractivity contribution < 1.29 is 9.90 Å². The lowest BCUT2D eigenvalue weighted by Crippen LogP contribution is -2.48. The monoisotopic (exact) mass is 270 g/mol. The van der Waals surface area contributed by atoms with Gasteiger partial charge >= 0.3 is 0 Å². The van der Waals surface area contributed by atoms with Crippen LogP contribution in [-0.2, 0) is 4.79 Å². The van der Waals surface area contributed by atoms with Crippen LogP contribution >= 0.6 is 0 Å². The molecule has 0 spiro atoms. The van der Waals surface area contributed by atoms with Gasteiger partial charge in [-0.15, -0.1) is 0 Å². The first-order valence-electron chi connectivity index (χ1n) is 7.62. The third kappa shape index (κ3) is 4.77. The summed E-state index contributed by atoms with van der Waals surface area (Å²) in [7, 11) is 0. The van der Waals surface area contributed by atoms with Crippen LogP contribution < -0.4 is 11.1 Å². The Hall–Kier alpha value is -0.610. The van der Waals surface area contributed by atoms with Crippen LogP contribution in [0, 0.1) is 17.8 Å². The molecule has 4 heteroatoms. The van der Waals surface area contributed by atoms with E-state index in [0.29, 0.717) is 13.1 Å². The summed E-state index contributed by atoms with van der Waals surface area (Å²) in [5, 5.41) is 13.4. The highest BCUT2D eigenvalue weighted by atomic mass is 16.3. The molecule has 4 nitrogen and oxygen atoms in total. The van der Waals surface area contributed by atoms with Crippen LogP contribution in [0.5, 0.6) is 0 Å². The Kier molecular flexibility index (Phi) is 6.27. The second-order valence-electron chi connectivity index (χ2n) is 6.38. The van der Waals surface area contributed by atoms with Gasteiger partial charge in [0.1, 0.15) is 0 Å². The molecule has 4 N–H and O–H groups in total. The van der Waals surface area contributed by atoms with Crippen molar-refractivity contribution >= 4 is 5.91 Å². The summed E-state index contributed by atoms with van der Waals surface area (Å²) in [6, 6.07) is 0. The van der Waals surface area contributed by atoms with E-state index in [9.17, 15) is 9.90 Å². The first-order chi connectivity index (χ1) is 8.91. The Morgan fingerprint density at radius 1 is 1.42 bits per heavy atom. The Labute approximate surface area is 117 Å². The maximum atomic E-state index is 12.0. The van der Waals surface area contributed by atoms with Gasteiger partial charge in [0.05, 0.1) is 11.5 Å². The molecule has 1 atom stereocenters. The molecular weight excluding hydrogens is 240 g/mol. The van der Waals surface area contributed by atoms with Gasteiger partial charge in [-0.05, 0) is 37.5 Å². The van der Waals surface area contributed by atoms with Crippen molar-refractivity contribution in [3.8, 4) is 0 Å². The lowest BCUT2D eigenvalue weighted by molar-refractivity contribution is -0.127. The summed E-state index contributed by atoms with van der Waals surface area (Å²) in [5.41, 5.74) is 4.92. The molecule has 1 amide bonds. The Balaban J connectivity index is 2.41. The van der Waals surface area contributed by atoms with Gasteiger partial charge in [0, 0.05) is 13.1 Å². The zero-order valence-corrected chi connectivity index (χ0v) is 12.6. The predicted molar refractivity (Wildman–Crippen MR) is 77.6 cm³/mol. The predicted octanol–water partition coefficient (Wildman–Crippen LogP) is 1.66. The first-order valence-corrected chi connectivity index (χ1v) is 7.62. The fourth-order valence-electron chi connectivity index (χ4n) is 2.86. The minimum Gasteiger partial charge on any atom is -0.388 e. The van der Waals surface area contributed by atoms with Gasteiger partial charge in [-0.25, -0.2) is 0 Å². The molecule has 0 bridgehead atoms. The van der Waals surface area contributed by atoms with Crippen molar-refractivity contribution in [2.24, 2.45) is 23.5 Å². The molecule has 112 valence electrons. The molecule has 1 aliphatic rings. The molecule has 0 aromatic carbocycles. The maximum absolute atomic E-state index is 12.0. The number of hydrogen-bond donors (Lipinski definition) is 3. The van der Waals surface area contributed by atoms with E-state index in [1.54, 1.807) is 0 Å². The minimum atomic E-state index is -0.711. The maximum Gasteiger partial charge on any atom is 0.224 e. The lowest BCUT2D eigenvalue weighted by Gasteiger charge is -2.36. The third-order valence-corrected chi connectivity index (χ3v) is 4.60. The number of rotatable bonds is 6. The van der Waals surface area contributed by atoms with E-state index in [0.717, 1.165) is 31.6 Å². The van der Waals surface area contributed by atoms with Crippen LogP contribution in [-0.4, -0.2) is 29.7 Å². The fraction of sp³-hybridized carbons (Fsp3) is 0.933. The van der Waals surface area contributed by atoms with Gasteiger partial charge in [0.2, 0.25) is 5.91 Å². The van der Waals surface area contributed by atoms with Crippen LogP contribution in [0.25, 0.3) is 0 Å². The van der Waals surface area contributed by atoms with Crippen LogP contribution in [0.1, 0.15) is 52.9 Å². The van der Waals surface area contributed by atoms with Crippen molar-refractivity contribution in [1.82, 2.24) is 5.32 Å². The molecule has 0 radical (unpaired) electrons. The molecule has 1 saturated carbocycles. The first kappa shape index (κ1) is 16.4. The molecule has 1 rings (SSSR count). The summed E-state index contributed by atoms with van der Waals surface area (Å²) in [6.07, 6.45) is 4.90. The highest BCUT2D eigenvalue weighted by Gasteiger charge is 2.33. The molecule has 1 fully saturated rings. The van der Waals surface area contributed by atoms with E-state index in [2.05, 4.69) is 12.2 Å². The highest BCUT2D eigenvalue weighted by Crippen LogP contribution is 2.33. The molecule has 0 aromatic rings. The van der Waals surface area contributed by atoms with Crippen LogP contribution in [0.4, 0.5) is 0 Å². The van der Waals surface area contributed by atoms with Gasteiger partial charge in [0.15, 0.2) is 0 Å². The van der Waals surface area contributed by atoms with Gasteiger partial charge < -0.3 is 16.2 Å². The van der Waals surface area contributed by atoms with Gasteiger partial charge in [-0.1, -0.05) is 27.2 Å². The van der Waals surface area contributed by atoms with E-state index in [1.165, 1.54) is 6.42 Å². The molecule has 0 aliphatic heterocycles. The second kappa shape index (κ2) is 7.25. The second-order valence-corrected chi connectivity index (χ2v) is 6.38. The van der Waals surface area contributed by atoms with Crippen LogP contribution in [0.3, 0.4) is 0 Å². The molecule has 0 aromatic heterocycles. The Morgan fingerprint density at radius 2 is 2.00 bits per heavy atom. The summed E-state index contributed by atoms with van der Waals surface area (Å²) < 4.78 is 0. The average molecular weight is 270 g/mol. The molecule has 1 aliphatic carbocycles. The lowest BCUT2D eigenvalue weighted by atomic mass is 9.78.